The van der Waals surface area contributed by atoms with Crippen molar-refractivity contribution >= 4 is 28.7 Å². The molecule has 0 atom stereocenters. The van der Waals surface area contributed by atoms with Crippen LogP contribution in [-0.4, -0.2) is 17.3 Å². The molecule has 0 saturated heterocycles. The fourth-order valence-electron chi connectivity index (χ4n) is 5.26. The van der Waals surface area contributed by atoms with Crippen molar-refractivity contribution in [2.45, 2.75) is 31.7 Å². The van der Waals surface area contributed by atoms with E-state index in [4.69, 9.17) is 26.9 Å². The minimum Gasteiger partial charge on any atom is -0.333 e. The van der Waals surface area contributed by atoms with E-state index < -0.39 is 0 Å². The van der Waals surface area contributed by atoms with Gasteiger partial charge >= 0.3 is 6.15 Å². The van der Waals surface area contributed by atoms with Crippen LogP contribution in [0.5, 0.6) is 0 Å². The fraction of sp³-hybridized carbons (Fsp3) is 0.182. The molecule has 0 bridgehead atoms. The molecule has 5 heteroatoms. The van der Waals surface area contributed by atoms with E-state index in [0.29, 0.717) is 6.54 Å². The summed E-state index contributed by atoms with van der Waals surface area (Å²) in [6.07, 6.45) is 4.19. The summed E-state index contributed by atoms with van der Waals surface area (Å²) in [6, 6.07) is 38.6. The number of aromatic nitrogens is 1. The normalized spacial score (nSPS) is 10.7. The molecule has 0 aliphatic heterocycles. The van der Waals surface area contributed by atoms with Gasteiger partial charge in [-0.05, 0) is 66.3 Å². The molecule has 38 heavy (non-hydrogen) atoms. The van der Waals surface area contributed by atoms with Crippen LogP contribution in [0.25, 0.3) is 10.9 Å². The molecule has 0 saturated carbocycles. The van der Waals surface area contributed by atoms with E-state index >= 15 is 0 Å². The molecule has 1 heterocycles. The van der Waals surface area contributed by atoms with Gasteiger partial charge in [-0.1, -0.05) is 103 Å². The molecule has 192 valence electrons. The molecule has 0 aliphatic carbocycles. The number of rotatable bonds is 9. The van der Waals surface area contributed by atoms with Crippen LogP contribution in [0.3, 0.4) is 0 Å². The molecule has 1 aromatic heterocycles. The number of fused-ring (bicyclic) bond motifs is 1. The smallest absolute Gasteiger partial charge is 0.333 e. The molecule has 4 nitrogen and oxygen atoms in total. The standard InChI is InChI=1S/C32H31ClN2.CO2/c33-27-19-20-30-29(23-27)28(18-10-13-24-11-4-1-5-12-24)31(21-22-34)35(30)32(25-14-6-2-7-15-25)26-16-8-3-9-17-26;2-1-3/h1-9,11-12,14-17,19-20,23,32H,10,13,18,21-22,34H2;. The van der Waals surface area contributed by atoms with Gasteiger partial charge in [-0.2, -0.15) is 9.59 Å². The second-order valence-corrected chi connectivity index (χ2v) is 9.58. The van der Waals surface area contributed by atoms with E-state index in [2.05, 4.69) is 108 Å². The maximum atomic E-state index is 8.12. The van der Waals surface area contributed by atoms with Crippen molar-refractivity contribution in [3.63, 3.8) is 0 Å². The Morgan fingerprint density at radius 2 is 1.29 bits per heavy atom. The summed E-state index contributed by atoms with van der Waals surface area (Å²) in [5.41, 5.74) is 14.0. The fourth-order valence-corrected chi connectivity index (χ4v) is 5.44. The molecule has 0 spiro atoms. The molecule has 2 N–H and O–H groups in total. The Morgan fingerprint density at radius 1 is 0.737 bits per heavy atom. The summed E-state index contributed by atoms with van der Waals surface area (Å²) < 4.78 is 2.51. The van der Waals surface area contributed by atoms with Crippen LogP contribution in [-0.2, 0) is 28.9 Å². The third-order valence-electron chi connectivity index (χ3n) is 6.79. The molecule has 0 amide bonds. The number of nitrogens with two attached hydrogens (primary N) is 1. The van der Waals surface area contributed by atoms with Crippen molar-refractivity contribution in [2.24, 2.45) is 5.73 Å². The van der Waals surface area contributed by atoms with Crippen LogP contribution in [0.4, 0.5) is 0 Å². The first kappa shape index (κ1) is 27.1. The minimum atomic E-state index is 0.0606. The zero-order valence-corrected chi connectivity index (χ0v) is 22.0. The molecule has 0 unspecified atom stereocenters. The van der Waals surface area contributed by atoms with Crippen molar-refractivity contribution in [2.75, 3.05) is 6.54 Å². The lowest BCUT2D eigenvalue weighted by molar-refractivity contribution is -0.191. The highest BCUT2D eigenvalue weighted by Gasteiger charge is 2.25. The molecule has 5 aromatic rings. The van der Waals surface area contributed by atoms with Gasteiger partial charge in [0.1, 0.15) is 0 Å². The first-order valence-electron chi connectivity index (χ1n) is 12.8. The summed E-state index contributed by atoms with van der Waals surface area (Å²) >= 11 is 6.54. The first-order chi connectivity index (χ1) is 18.7. The zero-order chi connectivity index (χ0) is 26.7. The van der Waals surface area contributed by atoms with Crippen molar-refractivity contribution in [3.8, 4) is 0 Å². The lowest BCUT2D eigenvalue weighted by atomic mass is 9.97. The highest BCUT2D eigenvalue weighted by molar-refractivity contribution is 6.31. The van der Waals surface area contributed by atoms with Gasteiger partial charge in [0.15, 0.2) is 0 Å². The molecule has 5 rings (SSSR count). The average Bonchev–Trinajstić information content (AvgIpc) is 3.23. The van der Waals surface area contributed by atoms with Gasteiger partial charge in [-0.15, -0.1) is 0 Å². The van der Waals surface area contributed by atoms with Crippen molar-refractivity contribution in [1.29, 1.82) is 0 Å². The van der Waals surface area contributed by atoms with Gasteiger partial charge < -0.3 is 10.3 Å². The van der Waals surface area contributed by atoms with E-state index in [9.17, 15) is 0 Å². The van der Waals surface area contributed by atoms with Gasteiger partial charge in [0.25, 0.3) is 0 Å². The number of halogens is 1. The third-order valence-corrected chi connectivity index (χ3v) is 7.02. The number of hydrogen-bond donors (Lipinski definition) is 1. The summed E-state index contributed by atoms with van der Waals surface area (Å²) in [6.45, 7) is 0.603. The van der Waals surface area contributed by atoms with Gasteiger partial charge in [-0.25, -0.2) is 0 Å². The number of nitrogens with zero attached hydrogens (tertiary/aromatic N) is 1. The Bertz CT molecular complexity index is 1440. The van der Waals surface area contributed by atoms with Crippen molar-refractivity contribution < 1.29 is 9.59 Å². The highest BCUT2D eigenvalue weighted by atomic mass is 35.5. The summed E-state index contributed by atoms with van der Waals surface area (Å²) in [7, 11) is 0. The Hall–Kier alpha value is -3.95. The summed E-state index contributed by atoms with van der Waals surface area (Å²) in [5, 5.41) is 2.01. The lowest BCUT2D eigenvalue weighted by Gasteiger charge is -2.25. The maximum absolute atomic E-state index is 8.12. The van der Waals surface area contributed by atoms with Crippen molar-refractivity contribution in [3.05, 3.63) is 142 Å². The Balaban J connectivity index is 0.00000107. The molecular formula is C33H31ClN2O2. The lowest BCUT2D eigenvalue weighted by Crippen LogP contribution is -2.18. The van der Waals surface area contributed by atoms with Gasteiger partial charge in [0.05, 0.1) is 6.04 Å². The van der Waals surface area contributed by atoms with E-state index in [1.54, 1.807) is 0 Å². The average molecular weight is 523 g/mol. The van der Waals surface area contributed by atoms with Crippen LogP contribution in [0.2, 0.25) is 5.02 Å². The van der Waals surface area contributed by atoms with Crippen LogP contribution in [0, 0.1) is 0 Å². The van der Waals surface area contributed by atoms with Gasteiger partial charge in [0, 0.05) is 28.0 Å². The summed E-state index contributed by atoms with van der Waals surface area (Å²) in [4.78, 5) is 16.2. The van der Waals surface area contributed by atoms with Crippen LogP contribution >= 0.6 is 11.6 Å². The van der Waals surface area contributed by atoms with Crippen LogP contribution < -0.4 is 5.73 Å². The van der Waals surface area contributed by atoms with Crippen LogP contribution in [0.15, 0.2) is 109 Å². The first-order valence-corrected chi connectivity index (χ1v) is 13.2. The molecular weight excluding hydrogens is 492 g/mol. The molecule has 0 fully saturated rings. The second kappa shape index (κ2) is 13.6. The number of carbonyl (C=O) groups excluding carboxylic acids is 2. The molecule has 4 aromatic carbocycles. The predicted octanol–water partition coefficient (Wildman–Crippen LogP) is 7.03. The topological polar surface area (TPSA) is 65.1 Å². The van der Waals surface area contributed by atoms with E-state index in [1.807, 2.05) is 6.07 Å². The van der Waals surface area contributed by atoms with Gasteiger partial charge in [-0.3, -0.25) is 0 Å². The maximum Gasteiger partial charge on any atom is 0.373 e. The number of benzene rings is 4. The predicted molar refractivity (Wildman–Crippen MR) is 153 cm³/mol. The summed E-state index contributed by atoms with van der Waals surface area (Å²) in [5.74, 6) is 0. The van der Waals surface area contributed by atoms with Gasteiger partial charge in [0.2, 0.25) is 0 Å². The largest absolute Gasteiger partial charge is 0.373 e. The Morgan fingerprint density at radius 3 is 1.84 bits per heavy atom. The SMILES string of the molecule is NCCc1c(CCCc2ccccc2)c2cc(Cl)ccc2n1C(c1ccccc1)c1ccccc1.O=C=O. The number of aryl methyl sites for hydroxylation is 2. The zero-order valence-electron chi connectivity index (χ0n) is 21.2. The second-order valence-electron chi connectivity index (χ2n) is 9.14. The van der Waals surface area contributed by atoms with E-state index in [0.717, 1.165) is 30.7 Å². The molecule has 0 aliphatic rings. The monoisotopic (exact) mass is 522 g/mol. The minimum absolute atomic E-state index is 0.0606. The molecule has 0 radical (unpaired) electrons. The van der Waals surface area contributed by atoms with E-state index in [-0.39, 0.29) is 12.2 Å². The number of hydrogen-bond acceptors (Lipinski definition) is 3. The highest BCUT2D eigenvalue weighted by Crippen LogP contribution is 2.38. The van der Waals surface area contributed by atoms with Crippen molar-refractivity contribution in [1.82, 2.24) is 4.57 Å². The third kappa shape index (κ3) is 6.30. The Kier molecular flexibility index (Phi) is 9.66. The quantitative estimate of drug-likeness (QED) is 0.226. The Labute approximate surface area is 228 Å². The van der Waals surface area contributed by atoms with Crippen LogP contribution in [0.1, 0.15) is 40.4 Å². The van der Waals surface area contributed by atoms with E-state index in [1.165, 1.54) is 38.9 Å².